The zero-order valence-electron chi connectivity index (χ0n) is 9.95. The van der Waals surface area contributed by atoms with Crippen molar-refractivity contribution >= 4 is 26.0 Å². The summed E-state index contributed by atoms with van der Waals surface area (Å²) in [6, 6.07) is 0. The Kier molecular flexibility index (Phi) is 4.50. The molecule has 2 rings (SSSR count). The molecule has 0 aromatic carbocycles. The van der Waals surface area contributed by atoms with Crippen LogP contribution >= 0.6 is 15.9 Å². The molecule has 6 heteroatoms. The van der Waals surface area contributed by atoms with Crippen LogP contribution in [-0.2, 0) is 14.8 Å². The van der Waals surface area contributed by atoms with Crippen LogP contribution in [0.5, 0.6) is 0 Å². The Morgan fingerprint density at radius 2 is 2.18 bits per heavy atom. The molecule has 0 spiro atoms. The third kappa shape index (κ3) is 4.19. The average Bonchev–Trinajstić information content (AvgIpc) is 2.85. The summed E-state index contributed by atoms with van der Waals surface area (Å²) in [6.07, 6.45) is 5.08. The predicted molar refractivity (Wildman–Crippen MR) is 70.8 cm³/mol. The number of nitrogens with one attached hydrogen (secondary N) is 1. The minimum atomic E-state index is -3.17. The predicted octanol–water partition coefficient (Wildman–Crippen LogP) is 1.65. The minimum Gasteiger partial charge on any atom is -0.377 e. The lowest BCUT2D eigenvalue weighted by Gasteiger charge is -2.16. The van der Waals surface area contributed by atoms with Gasteiger partial charge < -0.3 is 4.74 Å². The Morgan fingerprint density at radius 3 is 2.71 bits per heavy atom. The SMILES string of the molecule is O=S(=O)(CC1CCCO1)NCC1(CCBr)CC1. The lowest BCUT2D eigenvalue weighted by Crippen LogP contribution is -2.35. The van der Waals surface area contributed by atoms with Gasteiger partial charge in [-0.05, 0) is 37.5 Å². The van der Waals surface area contributed by atoms with Gasteiger partial charge in [-0.2, -0.15) is 0 Å². The molecule has 1 N–H and O–H groups in total. The second kappa shape index (κ2) is 5.55. The Balaban J connectivity index is 1.77. The molecule has 1 aliphatic carbocycles. The van der Waals surface area contributed by atoms with Crippen LogP contribution in [0.2, 0.25) is 0 Å². The first-order valence-corrected chi connectivity index (χ1v) is 8.98. The van der Waals surface area contributed by atoms with E-state index in [9.17, 15) is 8.42 Å². The molecule has 1 aliphatic heterocycles. The normalized spacial score (nSPS) is 27.2. The molecule has 0 amide bonds. The standard InChI is InChI=1S/C11H20BrNO3S/c12-6-5-11(3-4-11)9-13-17(14,15)8-10-2-1-7-16-10/h10,13H,1-9H2. The molecule has 17 heavy (non-hydrogen) atoms. The molecule has 1 saturated heterocycles. The Hall–Kier alpha value is 0.350. The number of halogens is 1. The van der Waals surface area contributed by atoms with Crippen LogP contribution < -0.4 is 4.72 Å². The highest BCUT2D eigenvalue weighted by molar-refractivity contribution is 9.09. The smallest absolute Gasteiger partial charge is 0.214 e. The fraction of sp³-hybridized carbons (Fsp3) is 1.00. The van der Waals surface area contributed by atoms with Crippen LogP contribution in [-0.4, -0.2) is 38.8 Å². The molecule has 0 aromatic heterocycles. The van der Waals surface area contributed by atoms with E-state index < -0.39 is 10.0 Å². The fourth-order valence-electron chi connectivity index (χ4n) is 2.23. The summed E-state index contributed by atoms with van der Waals surface area (Å²) in [5.74, 6) is 0.122. The molecule has 0 aromatic rings. The van der Waals surface area contributed by atoms with E-state index in [1.165, 1.54) is 0 Å². The molecule has 1 unspecified atom stereocenters. The van der Waals surface area contributed by atoms with Gasteiger partial charge in [-0.15, -0.1) is 0 Å². The second-order valence-corrected chi connectivity index (χ2v) is 7.82. The number of sulfonamides is 1. The van der Waals surface area contributed by atoms with Gasteiger partial charge in [0.25, 0.3) is 0 Å². The minimum absolute atomic E-state index is 0.0983. The van der Waals surface area contributed by atoms with Crippen LogP contribution in [0.1, 0.15) is 32.1 Å². The number of hydrogen-bond donors (Lipinski definition) is 1. The van der Waals surface area contributed by atoms with Gasteiger partial charge in [0.2, 0.25) is 10.0 Å². The zero-order valence-corrected chi connectivity index (χ0v) is 12.4. The third-order valence-electron chi connectivity index (χ3n) is 3.68. The highest BCUT2D eigenvalue weighted by atomic mass is 79.9. The fourth-order valence-corrected chi connectivity index (χ4v) is 4.47. The molecular weight excluding hydrogens is 306 g/mol. The van der Waals surface area contributed by atoms with Gasteiger partial charge in [0.1, 0.15) is 0 Å². The Labute approximate surface area is 112 Å². The maximum absolute atomic E-state index is 11.9. The van der Waals surface area contributed by atoms with E-state index in [-0.39, 0.29) is 17.3 Å². The van der Waals surface area contributed by atoms with E-state index in [2.05, 4.69) is 20.7 Å². The lowest BCUT2D eigenvalue weighted by atomic mass is 10.1. The molecular formula is C11H20BrNO3S. The lowest BCUT2D eigenvalue weighted by molar-refractivity contribution is 0.127. The summed E-state index contributed by atoms with van der Waals surface area (Å²) in [4.78, 5) is 0. The van der Waals surface area contributed by atoms with E-state index in [0.29, 0.717) is 13.2 Å². The van der Waals surface area contributed by atoms with Crippen LogP contribution in [0.25, 0.3) is 0 Å². The summed E-state index contributed by atoms with van der Waals surface area (Å²) in [7, 11) is -3.17. The van der Waals surface area contributed by atoms with Crippen LogP contribution in [0.3, 0.4) is 0 Å². The molecule has 1 saturated carbocycles. The zero-order chi connectivity index (χ0) is 12.4. The van der Waals surface area contributed by atoms with Gasteiger partial charge in [0.15, 0.2) is 0 Å². The monoisotopic (exact) mass is 325 g/mol. The molecule has 4 nitrogen and oxygen atoms in total. The Bertz CT molecular complexity index is 348. The quantitative estimate of drug-likeness (QED) is 0.724. The van der Waals surface area contributed by atoms with Crippen molar-refractivity contribution in [1.29, 1.82) is 0 Å². The van der Waals surface area contributed by atoms with Crippen molar-refractivity contribution in [1.82, 2.24) is 4.72 Å². The van der Waals surface area contributed by atoms with Crippen LogP contribution in [0, 0.1) is 5.41 Å². The summed E-state index contributed by atoms with van der Waals surface area (Å²) in [5, 5.41) is 0.945. The van der Waals surface area contributed by atoms with Crippen LogP contribution in [0.15, 0.2) is 0 Å². The first-order valence-electron chi connectivity index (χ1n) is 6.20. The van der Waals surface area contributed by atoms with Crippen LogP contribution in [0.4, 0.5) is 0 Å². The Morgan fingerprint density at radius 1 is 1.41 bits per heavy atom. The topological polar surface area (TPSA) is 55.4 Å². The maximum atomic E-state index is 11.9. The van der Waals surface area contributed by atoms with Crippen molar-refractivity contribution in [2.75, 3.05) is 24.2 Å². The number of hydrogen-bond acceptors (Lipinski definition) is 3. The van der Waals surface area contributed by atoms with E-state index >= 15 is 0 Å². The third-order valence-corrected chi connectivity index (χ3v) is 5.47. The van der Waals surface area contributed by atoms with E-state index in [4.69, 9.17) is 4.74 Å². The van der Waals surface area contributed by atoms with Crippen molar-refractivity contribution in [3.05, 3.63) is 0 Å². The molecule has 2 aliphatic rings. The van der Waals surface area contributed by atoms with E-state index in [1.54, 1.807) is 0 Å². The maximum Gasteiger partial charge on any atom is 0.214 e. The molecule has 0 bridgehead atoms. The summed E-state index contributed by atoms with van der Waals surface area (Å²) in [5.41, 5.74) is 0.229. The summed E-state index contributed by atoms with van der Waals surface area (Å²) in [6.45, 7) is 1.29. The van der Waals surface area contributed by atoms with Gasteiger partial charge in [-0.1, -0.05) is 15.9 Å². The first kappa shape index (κ1) is 13.8. The highest BCUT2D eigenvalue weighted by Crippen LogP contribution is 2.48. The average molecular weight is 326 g/mol. The van der Waals surface area contributed by atoms with Gasteiger partial charge >= 0.3 is 0 Å². The van der Waals surface area contributed by atoms with Crippen molar-refractivity contribution in [3.8, 4) is 0 Å². The van der Waals surface area contributed by atoms with Gasteiger partial charge in [0, 0.05) is 18.5 Å². The van der Waals surface area contributed by atoms with E-state index in [1.807, 2.05) is 0 Å². The van der Waals surface area contributed by atoms with Crippen molar-refractivity contribution in [2.45, 2.75) is 38.2 Å². The summed E-state index contributed by atoms with van der Waals surface area (Å²) >= 11 is 3.42. The van der Waals surface area contributed by atoms with Crippen molar-refractivity contribution in [2.24, 2.45) is 5.41 Å². The van der Waals surface area contributed by atoms with Gasteiger partial charge in [-0.3, -0.25) is 0 Å². The number of alkyl halides is 1. The first-order chi connectivity index (χ1) is 8.05. The second-order valence-electron chi connectivity index (χ2n) is 5.18. The molecule has 2 fully saturated rings. The molecule has 1 atom stereocenters. The largest absolute Gasteiger partial charge is 0.377 e. The number of rotatable bonds is 7. The van der Waals surface area contributed by atoms with Gasteiger partial charge in [0.05, 0.1) is 11.9 Å². The van der Waals surface area contributed by atoms with Crippen molar-refractivity contribution in [3.63, 3.8) is 0 Å². The summed E-state index contributed by atoms with van der Waals surface area (Å²) < 4.78 is 31.8. The van der Waals surface area contributed by atoms with E-state index in [0.717, 1.165) is 37.4 Å². The molecule has 1 heterocycles. The highest BCUT2D eigenvalue weighted by Gasteiger charge is 2.42. The van der Waals surface area contributed by atoms with Gasteiger partial charge in [-0.25, -0.2) is 13.1 Å². The molecule has 0 radical (unpaired) electrons. The van der Waals surface area contributed by atoms with Crippen molar-refractivity contribution < 1.29 is 13.2 Å². The molecule has 100 valence electrons. The number of ether oxygens (including phenoxy) is 1.